The second-order valence-corrected chi connectivity index (χ2v) is 5.47. The predicted molar refractivity (Wildman–Crippen MR) is 88.2 cm³/mol. The van der Waals surface area contributed by atoms with Gasteiger partial charge in [0.2, 0.25) is 11.8 Å². The van der Waals surface area contributed by atoms with Gasteiger partial charge in [-0.2, -0.15) is 0 Å². The van der Waals surface area contributed by atoms with Crippen molar-refractivity contribution in [2.45, 2.75) is 19.4 Å². The van der Waals surface area contributed by atoms with Gasteiger partial charge in [-0.05, 0) is 30.3 Å². The quantitative estimate of drug-likeness (QED) is 0.830. The van der Waals surface area contributed by atoms with E-state index in [1.54, 1.807) is 36.2 Å². The molecule has 0 aromatic heterocycles. The van der Waals surface area contributed by atoms with E-state index in [-0.39, 0.29) is 23.8 Å². The molecule has 0 spiro atoms. The fourth-order valence-electron chi connectivity index (χ4n) is 2.37. The van der Waals surface area contributed by atoms with Crippen LogP contribution in [0.3, 0.4) is 0 Å². The average Bonchev–Trinajstić information content (AvgIpc) is 2.55. The SMILES string of the molecule is C=CC(=O)N(C)c1ccc(C(=O)NC2CN(C(=O)CC)C2)cc1. The first-order chi connectivity index (χ1) is 11.0. The molecule has 1 aliphatic heterocycles. The number of likely N-dealkylation sites (N-methyl/N-ethyl adjacent to an activating group) is 1. The van der Waals surface area contributed by atoms with Crippen molar-refractivity contribution in [2.75, 3.05) is 25.0 Å². The summed E-state index contributed by atoms with van der Waals surface area (Å²) in [5.41, 5.74) is 1.21. The molecule has 6 nitrogen and oxygen atoms in total. The van der Waals surface area contributed by atoms with Gasteiger partial charge in [-0.25, -0.2) is 0 Å². The smallest absolute Gasteiger partial charge is 0.251 e. The Bertz CT molecular complexity index is 618. The number of amides is 3. The van der Waals surface area contributed by atoms with Crippen molar-refractivity contribution in [3.63, 3.8) is 0 Å². The van der Waals surface area contributed by atoms with Crippen molar-refractivity contribution in [3.8, 4) is 0 Å². The minimum absolute atomic E-state index is 0.00249. The number of rotatable bonds is 5. The number of anilines is 1. The number of likely N-dealkylation sites (tertiary alicyclic amines) is 1. The summed E-state index contributed by atoms with van der Waals surface area (Å²) < 4.78 is 0. The van der Waals surface area contributed by atoms with Crippen molar-refractivity contribution < 1.29 is 14.4 Å². The standard InChI is InChI=1S/C17H21N3O3/c1-4-15(21)19(3)14-8-6-12(7-9-14)17(23)18-13-10-20(11-13)16(22)5-2/h4,6-9,13H,1,5,10-11H2,2-3H3,(H,18,23). The van der Waals surface area contributed by atoms with E-state index in [4.69, 9.17) is 0 Å². The van der Waals surface area contributed by atoms with Gasteiger partial charge in [0.05, 0.1) is 6.04 Å². The summed E-state index contributed by atoms with van der Waals surface area (Å²) in [6, 6.07) is 6.77. The van der Waals surface area contributed by atoms with Gasteiger partial charge in [0.25, 0.3) is 5.91 Å². The predicted octanol–water partition coefficient (Wildman–Crippen LogP) is 1.19. The van der Waals surface area contributed by atoms with Crippen molar-refractivity contribution in [1.29, 1.82) is 0 Å². The molecule has 3 amide bonds. The Labute approximate surface area is 135 Å². The third-order valence-corrected chi connectivity index (χ3v) is 3.89. The lowest BCUT2D eigenvalue weighted by Crippen LogP contribution is -2.60. The van der Waals surface area contributed by atoms with Crippen LogP contribution in [-0.2, 0) is 9.59 Å². The van der Waals surface area contributed by atoms with E-state index in [1.807, 2.05) is 6.92 Å². The van der Waals surface area contributed by atoms with Crippen LogP contribution in [0.15, 0.2) is 36.9 Å². The molecule has 0 radical (unpaired) electrons. The zero-order valence-corrected chi connectivity index (χ0v) is 13.4. The number of carbonyl (C=O) groups is 3. The van der Waals surface area contributed by atoms with Crippen LogP contribution in [0.4, 0.5) is 5.69 Å². The highest BCUT2D eigenvalue weighted by Crippen LogP contribution is 2.15. The van der Waals surface area contributed by atoms with Crippen LogP contribution in [0.25, 0.3) is 0 Å². The molecule has 0 unspecified atom stereocenters. The molecule has 0 bridgehead atoms. The van der Waals surface area contributed by atoms with E-state index < -0.39 is 0 Å². The van der Waals surface area contributed by atoms with E-state index >= 15 is 0 Å². The fourth-order valence-corrected chi connectivity index (χ4v) is 2.37. The minimum atomic E-state index is -0.211. The van der Waals surface area contributed by atoms with Crippen LogP contribution in [0.1, 0.15) is 23.7 Å². The Balaban J connectivity index is 1.90. The van der Waals surface area contributed by atoms with E-state index in [1.165, 1.54) is 11.0 Å². The number of nitrogens with zero attached hydrogens (tertiary/aromatic N) is 2. The molecule has 2 rings (SSSR count). The van der Waals surface area contributed by atoms with Gasteiger partial charge < -0.3 is 15.1 Å². The first-order valence-electron chi connectivity index (χ1n) is 7.55. The molecule has 122 valence electrons. The molecule has 6 heteroatoms. The lowest BCUT2D eigenvalue weighted by atomic mass is 10.1. The normalized spacial score (nSPS) is 13.9. The van der Waals surface area contributed by atoms with E-state index in [9.17, 15) is 14.4 Å². The van der Waals surface area contributed by atoms with Crippen LogP contribution in [0, 0.1) is 0 Å². The molecule has 0 saturated carbocycles. The highest BCUT2D eigenvalue weighted by Gasteiger charge is 2.30. The van der Waals surface area contributed by atoms with Gasteiger partial charge in [-0.1, -0.05) is 13.5 Å². The fraction of sp³-hybridized carbons (Fsp3) is 0.353. The van der Waals surface area contributed by atoms with E-state index in [0.29, 0.717) is 30.8 Å². The van der Waals surface area contributed by atoms with Gasteiger partial charge in [-0.3, -0.25) is 14.4 Å². The first kappa shape index (κ1) is 16.7. The Morgan fingerprint density at radius 3 is 2.43 bits per heavy atom. The Morgan fingerprint density at radius 1 is 1.30 bits per heavy atom. The molecule has 23 heavy (non-hydrogen) atoms. The third kappa shape index (κ3) is 3.77. The molecule has 1 saturated heterocycles. The second-order valence-electron chi connectivity index (χ2n) is 5.47. The molecule has 1 N–H and O–H groups in total. The van der Waals surface area contributed by atoms with Crippen molar-refractivity contribution in [1.82, 2.24) is 10.2 Å². The maximum absolute atomic E-state index is 12.2. The number of hydrogen-bond acceptors (Lipinski definition) is 3. The number of hydrogen-bond donors (Lipinski definition) is 1. The van der Waals surface area contributed by atoms with Crippen LogP contribution in [-0.4, -0.2) is 48.8 Å². The Kier molecular flexibility index (Phi) is 5.16. The summed E-state index contributed by atoms with van der Waals surface area (Å²) >= 11 is 0. The summed E-state index contributed by atoms with van der Waals surface area (Å²) in [5.74, 6) is -0.282. The number of benzene rings is 1. The Morgan fingerprint density at radius 2 is 1.91 bits per heavy atom. The van der Waals surface area contributed by atoms with Gasteiger partial charge in [0.15, 0.2) is 0 Å². The molecule has 1 aromatic carbocycles. The topological polar surface area (TPSA) is 69.7 Å². The van der Waals surface area contributed by atoms with Crippen molar-refractivity contribution in [2.24, 2.45) is 0 Å². The minimum Gasteiger partial charge on any atom is -0.346 e. The summed E-state index contributed by atoms with van der Waals surface area (Å²) in [6.07, 6.45) is 1.72. The molecular weight excluding hydrogens is 294 g/mol. The molecule has 1 fully saturated rings. The number of carbonyl (C=O) groups excluding carboxylic acids is 3. The van der Waals surface area contributed by atoms with E-state index in [0.717, 1.165) is 0 Å². The van der Waals surface area contributed by atoms with Crippen LogP contribution in [0.2, 0.25) is 0 Å². The van der Waals surface area contributed by atoms with Gasteiger partial charge in [0, 0.05) is 37.8 Å². The van der Waals surface area contributed by atoms with Gasteiger partial charge in [0.1, 0.15) is 0 Å². The lowest BCUT2D eigenvalue weighted by molar-refractivity contribution is -0.135. The largest absolute Gasteiger partial charge is 0.346 e. The highest BCUT2D eigenvalue weighted by atomic mass is 16.2. The van der Waals surface area contributed by atoms with E-state index in [2.05, 4.69) is 11.9 Å². The zero-order valence-electron chi connectivity index (χ0n) is 13.4. The molecule has 1 aromatic rings. The average molecular weight is 315 g/mol. The monoisotopic (exact) mass is 315 g/mol. The molecule has 0 atom stereocenters. The van der Waals surface area contributed by atoms with Gasteiger partial charge >= 0.3 is 0 Å². The third-order valence-electron chi connectivity index (χ3n) is 3.89. The second kappa shape index (κ2) is 7.09. The maximum Gasteiger partial charge on any atom is 0.251 e. The Hall–Kier alpha value is -2.63. The van der Waals surface area contributed by atoms with Crippen LogP contribution >= 0.6 is 0 Å². The van der Waals surface area contributed by atoms with Crippen molar-refractivity contribution in [3.05, 3.63) is 42.5 Å². The lowest BCUT2D eigenvalue weighted by Gasteiger charge is -2.39. The molecule has 1 heterocycles. The van der Waals surface area contributed by atoms with Gasteiger partial charge in [-0.15, -0.1) is 0 Å². The van der Waals surface area contributed by atoms with Crippen LogP contribution < -0.4 is 10.2 Å². The summed E-state index contributed by atoms with van der Waals surface area (Å²) in [7, 11) is 1.65. The first-order valence-corrected chi connectivity index (χ1v) is 7.55. The zero-order chi connectivity index (χ0) is 17.0. The summed E-state index contributed by atoms with van der Waals surface area (Å²) in [6.45, 7) is 6.39. The number of nitrogens with one attached hydrogen (secondary N) is 1. The maximum atomic E-state index is 12.2. The summed E-state index contributed by atoms with van der Waals surface area (Å²) in [5, 5.41) is 2.89. The molecule has 1 aliphatic rings. The van der Waals surface area contributed by atoms with Crippen molar-refractivity contribution >= 4 is 23.4 Å². The highest BCUT2D eigenvalue weighted by molar-refractivity contribution is 6.01. The molecule has 0 aliphatic carbocycles. The summed E-state index contributed by atoms with van der Waals surface area (Å²) in [4.78, 5) is 38.3. The molecular formula is C17H21N3O3. The van der Waals surface area contributed by atoms with Crippen LogP contribution in [0.5, 0.6) is 0 Å².